The number of aromatic amines is 1. The van der Waals surface area contributed by atoms with Crippen molar-refractivity contribution in [3.05, 3.63) is 36.0 Å². The zero-order valence-corrected chi connectivity index (χ0v) is 9.70. The maximum absolute atomic E-state index is 9.31. The second-order valence-corrected chi connectivity index (χ2v) is 4.95. The van der Waals surface area contributed by atoms with Crippen molar-refractivity contribution in [3.8, 4) is 0 Å². The van der Waals surface area contributed by atoms with Gasteiger partial charge >= 0.3 is 0 Å². The Hall–Kier alpha value is -1.32. The van der Waals surface area contributed by atoms with E-state index in [4.69, 9.17) is 5.73 Å². The van der Waals surface area contributed by atoms with E-state index in [2.05, 4.69) is 11.1 Å². The van der Waals surface area contributed by atoms with Gasteiger partial charge in [0.25, 0.3) is 0 Å². The van der Waals surface area contributed by atoms with Crippen LogP contribution in [0, 0.1) is 5.41 Å². The van der Waals surface area contributed by atoms with Crippen molar-refractivity contribution in [3.63, 3.8) is 0 Å². The summed E-state index contributed by atoms with van der Waals surface area (Å²) in [6, 6.07) is 7.99. The van der Waals surface area contributed by atoms with Gasteiger partial charge in [-0.05, 0) is 29.1 Å². The molecule has 0 unspecified atom stereocenters. The first-order chi connectivity index (χ1) is 7.54. The smallest absolute Gasteiger partial charge is 0.0500 e. The number of fused-ring (bicyclic) bond motifs is 1. The maximum atomic E-state index is 9.31. The SMILES string of the molecule is CC(C)(CO)[C@@H](N)c1ccc2[nH]ccc2c1. The van der Waals surface area contributed by atoms with Crippen LogP contribution in [0.1, 0.15) is 25.5 Å². The Morgan fingerprint density at radius 3 is 2.81 bits per heavy atom. The van der Waals surface area contributed by atoms with Crippen molar-refractivity contribution in [1.82, 2.24) is 4.98 Å². The summed E-state index contributed by atoms with van der Waals surface area (Å²) in [7, 11) is 0. The average molecular weight is 218 g/mol. The fraction of sp³-hybridized carbons (Fsp3) is 0.385. The highest BCUT2D eigenvalue weighted by Gasteiger charge is 2.26. The lowest BCUT2D eigenvalue weighted by Gasteiger charge is -2.29. The Bertz CT molecular complexity index is 487. The van der Waals surface area contributed by atoms with E-state index in [0.29, 0.717) is 0 Å². The normalized spacial score (nSPS) is 14.2. The zero-order chi connectivity index (χ0) is 11.8. The summed E-state index contributed by atoms with van der Waals surface area (Å²) in [5.74, 6) is 0. The first-order valence-corrected chi connectivity index (χ1v) is 5.48. The fourth-order valence-electron chi connectivity index (χ4n) is 1.81. The minimum atomic E-state index is -0.302. The quantitative estimate of drug-likeness (QED) is 0.739. The van der Waals surface area contributed by atoms with Crippen LogP contribution in [0.5, 0.6) is 0 Å². The predicted octanol–water partition coefficient (Wildman–Crippen LogP) is 2.19. The minimum absolute atomic E-state index is 0.0827. The zero-order valence-electron chi connectivity index (χ0n) is 9.70. The molecule has 1 heterocycles. The van der Waals surface area contributed by atoms with E-state index in [1.807, 2.05) is 38.2 Å². The topological polar surface area (TPSA) is 62.0 Å². The van der Waals surface area contributed by atoms with Gasteiger partial charge in [0.1, 0.15) is 0 Å². The molecule has 0 radical (unpaired) electrons. The fourth-order valence-corrected chi connectivity index (χ4v) is 1.81. The molecule has 16 heavy (non-hydrogen) atoms. The molecule has 3 heteroatoms. The van der Waals surface area contributed by atoms with E-state index in [1.165, 1.54) is 0 Å². The lowest BCUT2D eigenvalue weighted by Crippen LogP contribution is -2.32. The Labute approximate surface area is 95.3 Å². The number of nitrogens with one attached hydrogen (secondary N) is 1. The summed E-state index contributed by atoms with van der Waals surface area (Å²) < 4.78 is 0. The first kappa shape index (κ1) is 11.2. The van der Waals surface area contributed by atoms with Crippen molar-refractivity contribution < 1.29 is 5.11 Å². The van der Waals surface area contributed by atoms with Gasteiger partial charge in [-0.25, -0.2) is 0 Å². The molecule has 0 aliphatic heterocycles. The molecule has 0 aliphatic rings. The average Bonchev–Trinajstić information content (AvgIpc) is 2.74. The Kier molecular flexibility index (Phi) is 2.74. The summed E-state index contributed by atoms with van der Waals surface area (Å²) in [4.78, 5) is 3.15. The van der Waals surface area contributed by atoms with Gasteiger partial charge in [0.2, 0.25) is 0 Å². The van der Waals surface area contributed by atoms with Crippen LogP contribution in [0.3, 0.4) is 0 Å². The van der Waals surface area contributed by atoms with Gasteiger partial charge in [0.05, 0.1) is 0 Å². The third-order valence-corrected chi connectivity index (χ3v) is 3.19. The molecule has 0 bridgehead atoms. The van der Waals surface area contributed by atoms with Gasteiger partial charge in [0, 0.05) is 29.8 Å². The highest BCUT2D eigenvalue weighted by Crippen LogP contribution is 2.31. The van der Waals surface area contributed by atoms with Crippen LogP contribution in [0.4, 0.5) is 0 Å². The molecule has 2 aromatic rings. The highest BCUT2D eigenvalue weighted by atomic mass is 16.3. The van der Waals surface area contributed by atoms with Crippen molar-refractivity contribution >= 4 is 10.9 Å². The molecule has 0 spiro atoms. The number of hydrogen-bond acceptors (Lipinski definition) is 2. The summed E-state index contributed by atoms with van der Waals surface area (Å²) >= 11 is 0. The summed E-state index contributed by atoms with van der Waals surface area (Å²) in [6.45, 7) is 4.03. The van der Waals surface area contributed by atoms with Crippen LogP contribution >= 0.6 is 0 Å². The molecule has 0 fully saturated rings. The molecule has 86 valence electrons. The third kappa shape index (κ3) is 1.84. The molecule has 3 nitrogen and oxygen atoms in total. The van der Waals surface area contributed by atoms with Gasteiger partial charge in [-0.3, -0.25) is 0 Å². The van der Waals surface area contributed by atoms with Crippen LogP contribution in [0.2, 0.25) is 0 Å². The molecule has 0 amide bonds. The van der Waals surface area contributed by atoms with Gasteiger partial charge in [-0.2, -0.15) is 0 Å². The molecule has 1 aromatic carbocycles. The van der Waals surface area contributed by atoms with E-state index in [1.54, 1.807) is 0 Å². The van der Waals surface area contributed by atoms with E-state index < -0.39 is 0 Å². The lowest BCUT2D eigenvalue weighted by atomic mass is 9.81. The van der Waals surface area contributed by atoms with Crippen LogP contribution in [0.25, 0.3) is 10.9 Å². The van der Waals surface area contributed by atoms with E-state index in [0.717, 1.165) is 16.5 Å². The second kappa shape index (κ2) is 3.92. The number of benzene rings is 1. The number of aliphatic hydroxyl groups excluding tert-OH is 1. The van der Waals surface area contributed by atoms with Crippen LogP contribution < -0.4 is 5.73 Å². The number of aliphatic hydroxyl groups is 1. The van der Waals surface area contributed by atoms with Gasteiger partial charge in [-0.15, -0.1) is 0 Å². The standard InChI is InChI=1S/C13H18N2O/c1-13(2,8-16)12(14)10-3-4-11-9(7-10)5-6-15-11/h3-7,12,15-16H,8,14H2,1-2H3/t12-/m0/s1. The molecule has 1 atom stereocenters. The Balaban J connectivity index is 2.39. The molecule has 2 rings (SSSR count). The second-order valence-electron chi connectivity index (χ2n) is 4.95. The van der Waals surface area contributed by atoms with Gasteiger partial charge in [0.15, 0.2) is 0 Å². The third-order valence-electron chi connectivity index (χ3n) is 3.19. The van der Waals surface area contributed by atoms with Crippen molar-refractivity contribution in [1.29, 1.82) is 0 Å². The molecule has 1 aromatic heterocycles. The maximum Gasteiger partial charge on any atom is 0.0500 e. The van der Waals surface area contributed by atoms with Crippen molar-refractivity contribution in [2.75, 3.05) is 6.61 Å². The number of hydrogen-bond donors (Lipinski definition) is 3. The first-order valence-electron chi connectivity index (χ1n) is 5.48. The van der Waals surface area contributed by atoms with E-state index in [-0.39, 0.29) is 18.1 Å². The monoisotopic (exact) mass is 218 g/mol. The van der Waals surface area contributed by atoms with Crippen LogP contribution in [0.15, 0.2) is 30.5 Å². The van der Waals surface area contributed by atoms with Crippen molar-refractivity contribution in [2.24, 2.45) is 11.1 Å². The molecular formula is C13H18N2O. The number of rotatable bonds is 3. The van der Waals surface area contributed by atoms with Crippen LogP contribution in [-0.4, -0.2) is 16.7 Å². The van der Waals surface area contributed by atoms with E-state index in [9.17, 15) is 5.11 Å². The summed E-state index contributed by atoms with van der Waals surface area (Å²) in [6.07, 6.45) is 1.91. The number of H-pyrrole nitrogens is 1. The molecule has 4 N–H and O–H groups in total. The molecule has 0 saturated carbocycles. The van der Waals surface area contributed by atoms with Gasteiger partial charge < -0.3 is 15.8 Å². The minimum Gasteiger partial charge on any atom is -0.396 e. The Morgan fingerprint density at radius 2 is 2.12 bits per heavy atom. The molecule has 0 saturated heterocycles. The van der Waals surface area contributed by atoms with Crippen molar-refractivity contribution in [2.45, 2.75) is 19.9 Å². The lowest BCUT2D eigenvalue weighted by molar-refractivity contribution is 0.132. The Morgan fingerprint density at radius 1 is 1.38 bits per heavy atom. The van der Waals surface area contributed by atoms with Gasteiger partial charge in [-0.1, -0.05) is 19.9 Å². The number of aromatic nitrogens is 1. The summed E-state index contributed by atoms with van der Waals surface area (Å²) in [5.41, 5.74) is 8.04. The molecule has 0 aliphatic carbocycles. The highest BCUT2D eigenvalue weighted by molar-refractivity contribution is 5.80. The van der Waals surface area contributed by atoms with E-state index >= 15 is 0 Å². The van der Waals surface area contributed by atoms with Crippen LogP contribution in [-0.2, 0) is 0 Å². The predicted molar refractivity (Wildman–Crippen MR) is 66.1 cm³/mol. The number of nitrogens with two attached hydrogens (primary N) is 1. The largest absolute Gasteiger partial charge is 0.396 e. The molecular weight excluding hydrogens is 200 g/mol. The summed E-state index contributed by atoms with van der Waals surface area (Å²) in [5, 5.41) is 10.5.